The van der Waals surface area contributed by atoms with Gasteiger partial charge in [-0.3, -0.25) is 4.79 Å². The minimum Gasteiger partial charge on any atom is -0.388 e. The fourth-order valence-electron chi connectivity index (χ4n) is 3.54. The quantitative estimate of drug-likeness (QED) is 0.456. The lowest BCUT2D eigenvalue weighted by molar-refractivity contribution is -0.123. The maximum atomic E-state index is 11.7. The van der Waals surface area contributed by atoms with Crippen molar-refractivity contribution in [3.05, 3.63) is 51.8 Å². The molecule has 1 aromatic carbocycles. The molecular formula is C23H32ClN3O4S. The Bertz CT molecular complexity index is 843. The van der Waals surface area contributed by atoms with Crippen LogP contribution in [0.3, 0.4) is 0 Å². The van der Waals surface area contributed by atoms with Crippen LogP contribution in [0, 0.1) is 0 Å². The number of anilines is 1. The molecule has 1 saturated heterocycles. The molecule has 2 aliphatic heterocycles. The number of carbonyl (C=O) groups is 2. The van der Waals surface area contributed by atoms with Gasteiger partial charge in [0.15, 0.2) is 0 Å². The number of methoxy groups -OCH3 is 1. The zero-order valence-electron chi connectivity index (χ0n) is 18.9. The normalized spacial score (nSPS) is 22.6. The molecule has 0 aliphatic carbocycles. The van der Waals surface area contributed by atoms with Crippen molar-refractivity contribution in [1.82, 2.24) is 10.2 Å². The Morgan fingerprint density at radius 3 is 2.75 bits per heavy atom. The number of amides is 1. The third-order valence-corrected chi connectivity index (χ3v) is 6.32. The molecule has 0 radical (unpaired) electrons. The highest BCUT2D eigenvalue weighted by Crippen LogP contribution is 2.28. The monoisotopic (exact) mass is 481 g/mol. The molecule has 9 heteroatoms. The van der Waals surface area contributed by atoms with Crippen LogP contribution >= 0.6 is 23.4 Å². The van der Waals surface area contributed by atoms with E-state index >= 15 is 0 Å². The highest BCUT2D eigenvalue weighted by molar-refractivity contribution is 8.08. The number of nitrogens with one attached hydrogen (secondary N) is 2. The van der Waals surface area contributed by atoms with Gasteiger partial charge in [0.25, 0.3) is 5.91 Å². The van der Waals surface area contributed by atoms with Crippen molar-refractivity contribution in [1.29, 1.82) is 0 Å². The number of fused-ring (bicyclic) bond motifs is 1. The summed E-state index contributed by atoms with van der Waals surface area (Å²) in [6, 6.07) is 6.56. The van der Waals surface area contributed by atoms with Gasteiger partial charge in [0.1, 0.15) is 11.8 Å². The Labute approximate surface area is 199 Å². The summed E-state index contributed by atoms with van der Waals surface area (Å²) < 4.78 is 10.9. The molecular weight excluding hydrogens is 450 g/mol. The van der Waals surface area contributed by atoms with Crippen LogP contribution in [-0.4, -0.2) is 70.1 Å². The van der Waals surface area contributed by atoms with Gasteiger partial charge in [-0.25, -0.2) is 0 Å². The molecule has 1 amide bonds. The van der Waals surface area contributed by atoms with E-state index in [2.05, 4.69) is 53.9 Å². The van der Waals surface area contributed by atoms with Crippen LogP contribution in [0.5, 0.6) is 0 Å². The molecule has 0 bridgehead atoms. The Kier molecular flexibility index (Phi) is 10.2. The van der Waals surface area contributed by atoms with Gasteiger partial charge < -0.3 is 29.8 Å². The van der Waals surface area contributed by atoms with Crippen LogP contribution in [0.1, 0.15) is 23.7 Å². The van der Waals surface area contributed by atoms with Crippen molar-refractivity contribution < 1.29 is 19.1 Å². The topological polar surface area (TPSA) is 79.9 Å². The van der Waals surface area contributed by atoms with Gasteiger partial charge in [0.05, 0.1) is 22.0 Å². The molecule has 1 fully saturated rings. The zero-order valence-corrected chi connectivity index (χ0v) is 20.5. The number of hydrogen-bond donors (Lipinski definition) is 2. The maximum absolute atomic E-state index is 11.7. The van der Waals surface area contributed by atoms with Gasteiger partial charge in [-0.1, -0.05) is 42.6 Å². The Morgan fingerprint density at radius 2 is 2.19 bits per heavy atom. The van der Waals surface area contributed by atoms with E-state index in [1.54, 1.807) is 7.11 Å². The SMILES string of the molecule is C=C(Cl)SC(=C)C(=O)NC1(C=O)CCOC1.CNc1ccc2c(c1)C(OC)CN(C)CC2. The summed E-state index contributed by atoms with van der Waals surface area (Å²) in [6.45, 7) is 9.72. The molecule has 32 heavy (non-hydrogen) atoms. The van der Waals surface area contributed by atoms with Crippen LogP contribution in [0.25, 0.3) is 0 Å². The lowest BCUT2D eigenvalue weighted by Gasteiger charge is -2.22. The van der Waals surface area contributed by atoms with E-state index in [4.69, 9.17) is 21.1 Å². The van der Waals surface area contributed by atoms with Crippen molar-refractivity contribution in [2.75, 3.05) is 52.8 Å². The number of rotatable bonds is 7. The van der Waals surface area contributed by atoms with Crippen molar-refractivity contribution in [3.8, 4) is 0 Å². The molecule has 0 saturated carbocycles. The predicted octanol–water partition coefficient (Wildman–Crippen LogP) is 3.32. The fourth-order valence-corrected chi connectivity index (χ4v) is 4.23. The average Bonchev–Trinajstić information content (AvgIpc) is 3.18. The number of aldehydes is 1. The molecule has 2 heterocycles. The van der Waals surface area contributed by atoms with E-state index in [9.17, 15) is 9.59 Å². The van der Waals surface area contributed by atoms with E-state index in [0.717, 1.165) is 37.0 Å². The first-order chi connectivity index (χ1) is 15.2. The first-order valence-corrected chi connectivity index (χ1v) is 11.5. The lowest BCUT2D eigenvalue weighted by atomic mass is 10.0. The van der Waals surface area contributed by atoms with Gasteiger partial charge in [0.2, 0.25) is 0 Å². The third-order valence-electron chi connectivity index (χ3n) is 5.43. The molecule has 2 N–H and O–H groups in total. The summed E-state index contributed by atoms with van der Waals surface area (Å²) in [6.07, 6.45) is 2.47. The smallest absolute Gasteiger partial charge is 0.258 e. The largest absolute Gasteiger partial charge is 0.388 e. The van der Waals surface area contributed by atoms with Crippen molar-refractivity contribution in [3.63, 3.8) is 0 Å². The van der Waals surface area contributed by atoms with Crippen LogP contribution in [0.2, 0.25) is 0 Å². The van der Waals surface area contributed by atoms with E-state index in [-0.39, 0.29) is 22.0 Å². The summed E-state index contributed by atoms with van der Waals surface area (Å²) in [5.41, 5.74) is 2.98. The van der Waals surface area contributed by atoms with Crippen molar-refractivity contribution in [2.45, 2.75) is 24.5 Å². The first kappa shape index (κ1) is 26.4. The molecule has 2 atom stereocenters. The zero-order chi connectivity index (χ0) is 23.7. The van der Waals surface area contributed by atoms with E-state index in [0.29, 0.717) is 19.3 Å². The number of thioether (sulfide) groups is 1. The van der Waals surface area contributed by atoms with Crippen molar-refractivity contribution in [2.24, 2.45) is 0 Å². The van der Waals surface area contributed by atoms with Crippen LogP contribution in [-0.2, 0) is 25.5 Å². The molecule has 2 aliphatic rings. The second-order valence-corrected chi connectivity index (χ2v) is 9.68. The van der Waals surface area contributed by atoms with E-state index in [1.165, 1.54) is 11.1 Å². The standard InChI is InChI=1S/C13H20N2O.C10H12ClNO3S/c1-14-11-5-4-10-6-7-15(2)9-13(16-3)12(10)8-11;1-7(16-8(2)11)9(14)12-10(5-13)3-4-15-6-10/h4-5,8,13-14H,6-7,9H2,1-3H3;5H,1-4,6H2,(H,12,14). The fraction of sp³-hybridized carbons (Fsp3) is 0.478. The summed E-state index contributed by atoms with van der Waals surface area (Å²) >= 11 is 6.50. The maximum Gasteiger partial charge on any atom is 0.258 e. The predicted molar refractivity (Wildman–Crippen MR) is 131 cm³/mol. The summed E-state index contributed by atoms with van der Waals surface area (Å²) in [5, 5.41) is 5.78. The molecule has 2 unspecified atom stereocenters. The number of likely N-dealkylation sites (N-methyl/N-ethyl adjacent to an activating group) is 1. The Hall–Kier alpha value is -1.84. The van der Waals surface area contributed by atoms with E-state index < -0.39 is 11.4 Å². The highest BCUT2D eigenvalue weighted by atomic mass is 35.5. The lowest BCUT2D eigenvalue weighted by Crippen LogP contribution is -2.50. The summed E-state index contributed by atoms with van der Waals surface area (Å²) in [5.74, 6) is -0.426. The Balaban J connectivity index is 0.000000227. The number of benzene rings is 1. The second kappa shape index (κ2) is 12.4. The van der Waals surface area contributed by atoms with Gasteiger partial charge in [-0.2, -0.15) is 0 Å². The number of carbonyl (C=O) groups excluding carboxylic acids is 2. The number of hydrogen-bond acceptors (Lipinski definition) is 7. The minimum atomic E-state index is -0.922. The van der Waals surface area contributed by atoms with Gasteiger partial charge in [0, 0.05) is 46.0 Å². The average molecular weight is 482 g/mol. The molecule has 1 aromatic rings. The van der Waals surface area contributed by atoms with Gasteiger partial charge in [-0.05, 0) is 36.7 Å². The Morgan fingerprint density at radius 1 is 1.44 bits per heavy atom. The molecule has 0 aromatic heterocycles. The van der Waals surface area contributed by atoms with Crippen LogP contribution in [0.4, 0.5) is 5.69 Å². The number of halogens is 1. The van der Waals surface area contributed by atoms with Gasteiger partial charge >= 0.3 is 0 Å². The first-order valence-electron chi connectivity index (χ1n) is 10.3. The minimum absolute atomic E-state index is 0.191. The third kappa shape index (κ3) is 7.35. The molecule has 7 nitrogen and oxygen atoms in total. The molecule has 0 spiro atoms. The number of nitrogens with zero attached hydrogens (tertiary/aromatic N) is 1. The van der Waals surface area contributed by atoms with Crippen molar-refractivity contribution >= 4 is 41.2 Å². The molecule has 176 valence electrons. The molecule has 3 rings (SSSR count). The number of ether oxygens (including phenoxy) is 2. The van der Waals surface area contributed by atoms with E-state index in [1.807, 2.05) is 7.05 Å². The highest BCUT2D eigenvalue weighted by Gasteiger charge is 2.36. The van der Waals surface area contributed by atoms with Crippen LogP contribution < -0.4 is 10.6 Å². The van der Waals surface area contributed by atoms with Gasteiger partial charge in [-0.15, -0.1) is 0 Å². The summed E-state index contributed by atoms with van der Waals surface area (Å²) in [4.78, 5) is 25.1. The summed E-state index contributed by atoms with van der Waals surface area (Å²) in [7, 11) is 5.89. The second-order valence-electron chi connectivity index (χ2n) is 7.81. The van der Waals surface area contributed by atoms with Crippen LogP contribution in [0.15, 0.2) is 40.6 Å².